The molecule has 0 aliphatic rings. The summed E-state index contributed by atoms with van der Waals surface area (Å²) in [6.45, 7) is 10.7. The minimum absolute atomic E-state index is 0.0793. The predicted molar refractivity (Wildman–Crippen MR) is 76.7 cm³/mol. The number of hydrogen-bond acceptors (Lipinski definition) is 2. The molecule has 19 heavy (non-hydrogen) atoms. The molecule has 1 aromatic rings. The molecule has 1 aromatic carbocycles. The molecule has 0 radical (unpaired) electrons. The second kappa shape index (κ2) is 5.64. The van der Waals surface area contributed by atoms with Gasteiger partial charge in [0, 0.05) is 5.41 Å². The van der Waals surface area contributed by atoms with E-state index in [0.717, 1.165) is 5.75 Å². The molecule has 0 spiro atoms. The topological polar surface area (TPSA) is 46.5 Å². The van der Waals surface area contributed by atoms with Crippen LogP contribution in [0.2, 0.25) is 0 Å². The highest BCUT2D eigenvalue weighted by Gasteiger charge is 2.23. The highest BCUT2D eigenvalue weighted by molar-refractivity contribution is 5.67. The lowest BCUT2D eigenvalue weighted by molar-refractivity contribution is -0.139. The lowest BCUT2D eigenvalue weighted by atomic mass is 9.87. The van der Waals surface area contributed by atoms with Crippen LogP contribution in [0.4, 0.5) is 0 Å². The van der Waals surface area contributed by atoms with E-state index in [9.17, 15) is 4.79 Å². The molecule has 0 fully saturated rings. The van der Waals surface area contributed by atoms with E-state index in [1.807, 2.05) is 32.0 Å². The summed E-state index contributed by atoms with van der Waals surface area (Å²) >= 11 is 0. The standard InChI is InChI=1S/C16H24O3/c1-15(2,3)12-7-6-8-13(9-12)19-11-16(4,5)10-14(17)18/h6-9H,10-11H2,1-5H3,(H,17,18). The smallest absolute Gasteiger partial charge is 0.304 e. The number of rotatable bonds is 5. The fraction of sp³-hybridized carbons (Fsp3) is 0.562. The van der Waals surface area contributed by atoms with Crippen molar-refractivity contribution in [1.82, 2.24) is 0 Å². The van der Waals surface area contributed by atoms with E-state index < -0.39 is 5.97 Å². The van der Waals surface area contributed by atoms with E-state index in [1.165, 1.54) is 5.56 Å². The number of benzene rings is 1. The van der Waals surface area contributed by atoms with Crippen molar-refractivity contribution >= 4 is 5.97 Å². The Kier molecular flexibility index (Phi) is 4.61. The van der Waals surface area contributed by atoms with Crippen LogP contribution in [-0.2, 0) is 10.2 Å². The Morgan fingerprint density at radius 1 is 1.21 bits per heavy atom. The number of ether oxygens (including phenoxy) is 1. The lowest BCUT2D eigenvalue weighted by Gasteiger charge is -2.24. The van der Waals surface area contributed by atoms with Crippen LogP contribution < -0.4 is 4.74 Å². The Hall–Kier alpha value is -1.51. The third-order valence-electron chi connectivity index (χ3n) is 2.96. The van der Waals surface area contributed by atoms with Gasteiger partial charge in [0.25, 0.3) is 0 Å². The van der Waals surface area contributed by atoms with Gasteiger partial charge in [-0.3, -0.25) is 4.79 Å². The molecule has 1 N–H and O–H groups in total. The van der Waals surface area contributed by atoms with Crippen LogP contribution >= 0.6 is 0 Å². The summed E-state index contributed by atoms with van der Waals surface area (Å²) in [7, 11) is 0. The number of carboxylic acids is 1. The zero-order chi connectivity index (χ0) is 14.7. The van der Waals surface area contributed by atoms with Crippen molar-refractivity contribution in [3.8, 4) is 5.75 Å². The fourth-order valence-electron chi connectivity index (χ4n) is 1.79. The first-order valence-corrected chi connectivity index (χ1v) is 6.55. The molecule has 0 unspecified atom stereocenters. The Morgan fingerprint density at radius 2 is 1.84 bits per heavy atom. The second-order valence-electron chi connectivity index (χ2n) is 6.80. The zero-order valence-electron chi connectivity index (χ0n) is 12.5. The molecule has 3 heteroatoms. The molecule has 1 rings (SSSR count). The average molecular weight is 264 g/mol. The van der Waals surface area contributed by atoms with Crippen LogP contribution in [0.3, 0.4) is 0 Å². The van der Waals surface area contributed by atoms with E-state index in [1.54, 1.807) is 0 Å². The molecular formula is C16H24O3. The molecule has 0 saturated carbocycles. The van der Waals surface area contributed by atoms with Crippen LogP contribution in [0.5, 0.6) is 5.75 Å². The van der Waals surface area contributed by atoms with Crippen LogP contribution in [0.25, 0.3) is 0 Å². The van der Waals surface area contributed by atoms with Gasteiger partial charge < -0.3 is 9.84 Å². The molecule has 0 amide bonds. The Bertz CT molecular complexity index is 442. The van der Waals surface area contributed by atoms with E-state index in [4.69, 9.17) is 9.84 Å². The van der Waals surface area contributed by atoms with Gasteiger partial charge in [0.1, 0.15) is 5.75 Å². The fourth-order valence-corrected chi connectivity index (χ4v) is 1.79. The molecule has 0 bridgehead atoms. The van der Waals surface area contributed by atoms with Gasteiger partial charge in [0.2, 0.25) is 0 Å². The molecule has 106 valence electrons. The van der Waals surface area contributed by atoms with E-state index in [-0.39, 0.29) is 17.3 Å². The van der Waals surface area contributed by atoms with Gasteiger partial charge in [-0.2, -0.15) is 0 Å². The summed E-state index contributed by atoms with van der Waals surface area (Å²) in [5.41, 5.74) is 0.917. The minimum Gasteiger partial charge on any atom is -0.493 e. The van der Waals surface area contributed by atoms with Crippen molar-refractivity contribution in [3.63, 3.8) is 0 Å². The Labute approximate surface area is 115 Å². The summed E-state index contributed by atoms with van der Waals surface area (Å²) in [6, 6.07) is 7.98. The van der Waals surface area contributed by atoms with Crippen molar-refractivity contribution in [2.24, 2.45) is 5.41 Å². The maximum atomic E-state index is 10.8. The van der Waals surface area contributed by atoms with Gasteiger partial charge in [0.15, 0.2) is 0 Å². The highest BCUT2D eigenvalue weighted by Crippen LogP contribution is 2.27. The molecule has 3 nitrogen and oxygen atoms in total. The molecular weight excluding hydrogens is 240 g/mol. The van der Waals surface area contributed by atoms with Crippen molar-refractivity contribution in [2.45, 2.75) is 46.5 Å². The first-order valence-electron chi connectivity index (χ1n) is 6.55. The number of carbonyl (C=O) groups is 1. The number of aliphatic carboxylic acids is 1. The summed E-state index contributed by atoms with van der Waals surface area (Å²) in [4.78, 5) is 10.8. The van der Waals surface area contributed by atoms with Gasteiger partial charge in [-0.05, 0) is 23.1 Å². The summed E-state index contributed by atoms with van der Waals surface area (Å²) in [5, 5.41) is 8.84. The monoisotopic (exact) mass is 264 g/mol. The quantitative estimate of drug-likeness (QED) is 0.878. The number of carboxylic acid groups (broad SMARTS) is 1. The normalized spacial score (nSPS) is 12.3. The zero-order valence-corrected chi connectivity index (χ0v) is 12.5. The van der Waals surface area contributed by atoms with Crippen molar-refractivity contribution in [3.05, 3.63) is 29.8 Å². The predicted octanol–water partition coefficient (Wildman–Crippen LogP) is 3.86. The van der Waals surface area contributed by atoms with E-state index >= 15 is 0 Å². The number of hydrogen-bond donors (Lipinski definition) is 1. The minimum atomic E-state index is -0.794. The van der Waals surface area contributed by atoms with Crippen LogP contribution in [-0.4, -0.2) is 17.7 Å². The maximum Gasteiger partial charge on any atom is 0.304 e. The molecule has 0 aliphatic carbocycles. The first-order chi connectivity index (χ1) is 8.60. The average Bonchev–Trinajstić information content (AvgIpc) is 2.24. The molecule has 0 aliphatic heterocycles. The summed E-state index contributed by atoms with van der Waals surface area (Å²) in [6.07, 6.45) is 0.103. The van der Waals surface area contributed by atoms with Gasteiger partial charge in [-0.15, -0.1) is 0 Å². The van der Waals surface area contributed by atoms with Gasteiger partial charge in [-0.25, -0.2) is 0 Å². The SMILES string of the molecule is CC(C)(COc1cccc(C(C)(C)C)c1)CC(=O)O. The highest BCUT2D eigenvalue weighted by atomic mass is 16.5. The van der Waals surface area contributed by atoms with Crippen LogP contribution in [0, 0.1) is 5.41 Å². The van der Waals surface area contributed by atoms with Crippen molar-refractivity contribution in [2.75, 3.05) is 6.61 Å². The van der Waals surface area contributed by atoms with Crippen molar-refractivity contribution < 1.29 is 14.6 Å². The molecule has 0 aromatic heterocycles. The van der Waals surface area contributed by atoms with E-state index in [0.29, 0.717) is 6.61 Å². The van der Waals surface area contributed by atoms with Crippen LogP contribution in [0.1, 0.15) is 46.6 Å². The Morgan fingerprint density at radius 3 is 2.37 bits per heavy atom. The van der Waals surface area contributed by atoms with Gasteiger partial charge in [0.05, 0.1) is 13.0 Å². The third kappa shape index (κ3) is 5.33. The largest absolute Gasteiger partial charge is 0.493 e. The molecule has 0 heterocycles. The van der Waals surface area contributed by atoms with Crippen LogP contribution in [0.15, 0.2) is 24.3 Å². The second-order valence-corrected chi connectivity index (χ2v) is 6.80. The summed E-state index contributed by atoms with van der Waals surface area (Å²) < 4.78 is 5.74. The van der Waals surface area contributed by atoms with E-state index in [2.05, 4.69) is 26.8 Å². The lowest BCUT2D eigenvalue weighted by Crippen LogP contribution is -2.24. The molecule has 0 atom stereocenters. The maximum absolute atomic E-state index is 10.8. The van der Waals surface area contributed by atoms with Crippen molar-refractivity contribution in [1.29, 1.82) is 0 Å². The van der Waals surface area contributed by atoms with Gasteiger partial charge >= 0.3 is 5.97 Å². The Balaban J connectivity index is 2.71. The third-order valence-corrected chi connectivity index (χ3v) is 2.96. The van der Waals surface area contributed by atoms with Gasteiger partial charge in [-0.1, -0.05) is 46.8 Å². The summed E-state index contributed by atoms with van der Waals surface area (Å²) in [5.74, 6) is 0.00271. The first kappa shape index (κ1) is 15.5. The molecule has 0 saturated heterocycles.